The second kappa shape index (κ2) is 11.8. The van der Waals surface area contributed by atoms with Crippen molar-refractivity contribution in [3.63, 3.8) is 0 Å². The van der Waals surface area contributed by atoms with Crippen molar-refractivity contribution in [3.05, 3.63) is 92.7 Å². The summed E-state index contributed by atoms with van der Waals surface area (Å²) in [5.74, 6) is -15.3. The fraction of sp³-hybridized carbons (Fsp3) is 0.200. The number of amides is 2. The number of carbonyl (C=O) groups excluding carboxylic acids is 2. The number of rotatable bonds is 6. The van der Waals surface area contributed by atoms with E-state index in [-0.39, 0.29) is 0 Å². The van der Waals surface area contributed by atoms with Crippen LogP contribution in [0.1, 0.15) is 31.8 Å². The van der Waals surface area contributed by atoms with E-state index in [4.69, 9.17) is 0 Å². The van der Waals surface area contributed by atoms with E-state index in [1.165, 1.54) is 5.32 Å². The molecule has 0 aliphatic carbocycles. The first-order valence-corrected chi connectivity index (χ1v) is 12.1. The highest BCUT2D eigenvalue weighted by atomic mass is 79.9. The predicted molar refractivity (Wildman–Crippen MR) is 128 cm³/mol. The molecule has 3 aromatic carbocycles. The number of nitrogens with one attached hydrogen (secondary N) is 2. The molecule has 0 radical (unpaired) electrons. The summed E-state index contributed by atoms with van der Waals surface area (Å²) in [4.78, 5) is 25.0. The van der Waals surface area contributed by atoms with Gasteiger partial charge in [-0.1, -0.05) is 12.1 Å². The van der Waals surface area contributed by atoms with Crippen molar-refractivity contribution in [3.8, 4) is 0 Å². The highest BCUT2D eigenvalue weighted by Crippen LogP contribution is 2.59. The van der Waals surface area contributed by atoms with Gasteiger partial charge in [-0.05, 0) is 52.3 Å². The first-order valence-electron chi connectivity index (χ1n) is 11.3. The smallest absolute Gasteiger partial charge is 0.320 e. The highest BCUT2D eigenvalue weighted by Gasteiger charge is 2.82. The molecule has 3 aromatic rings. The lowest BCUT2D eigenvalue weighted by molar-refractivity contribution is -0.389. The van der Waals surface area contributed by atoms with E-state index in [9.17, 15) is 71.1 Å². The average Bonchev–Trinajstić information content (AvgIpc) is 2.88. The van der Waals surface area contributed by atoms with E-state index in [0.717, 1.165) is 18.2 Å². The molecular weight excluding hydrogens is 725 g/mol. The van der Waals surface area contributed by atoms with E-state index in [1.54, 1.807) is 5.32 Å². The Balaban J connectivity index is 2.11. The van der Waals surface area contributed by atoms with Crippen LogP contribution in [-0.2, 0) is 11.8 Å². The summed E-state index contributed by atoms with van der Waals surface area (Å²) in [7, 11) is 0. The third kappa shape index (κ3) is 6.41. The van der Waals surface area contributed by atoms with Gasteiger partial charge in [0.25, 0.3) is 11.8 Å². The van der Waals surface area contributed by atoms with E-state index >= 15 is 4.39 Å². The van der Waals surface area contributed by atoms with Crippen molar-refractivity contribution in [2.45, 2.75) is 30.1 Å². The number of halogens is 16. The van der Waals surface area contributed by atoms with Gasteiger partial charge >= 0.3 is 30.1 Å². The molecule has 2 amide bonds. The molecular formula is C25H10BrF15N2O2. The van der Waals surface area contributed by atoms with E-state index in [0.29, 0.717) is 18.2 Å². The number of anilines is 2. The third-order valence-corrected chi connectivity index (χ3v) is 6.52. The Bertz CT molecular complexity index is 1630. The molecule has 0 heterocycles. The van der Waals surface area contributed by atoms with Crippen LogP contribution in [-0.4, -0.2) is 30.1 Å². The Morgan fingerprint density at radius 3 is 1.69 bits per heavy atom. The lowest BCUT2D eigenvalue weighted by Crippen LogP contribution is -2.59. The molecule has 0 spiro atoms. The van der Waals surface area contributed by atoms with Crippen LogP contribution in [0.4, 0.5) is 77.2 Å². The van der Waals surface area contributed by atoms with Crippen molar-refractivity contribution in [2.75, 3.05) is 10.6 Å². The van der Waals surface area contributed by atoms with Gasteiger partial charge in [-0.25, -0.2) is 17.6 Å². The minimum Gasteiger partial charge on any atom is -0.320 e. The molecule has 0 saturated carbocycles. The van der Waals surface area contributed by atoms with Crippen LogP contribution in [0.3, 0.4) is 0 Å². The third-order valence-electron chi connectivity index (χ3n) is 5.89. The van der Waals surface area contributed by atoms with Crippen LogP contribution in [0, 0.1) is 17.5 Å². The molecule has 1 atom stereocenters. The number of benzene rings is 3. The topological polar surface area (TPSA) is 58.2 Å². The zero-order chi connectivity index (χ0) is 34.5. The lowest BCUT2D eigenvalue weighted by Gasteiger charge is -2.36. The molecule has 1 unspecified atom stereocenters. The van der Waals surface area contributed by atoms with Gasteiger partial charge in [0.1, 0.15) is 17.2 Å². The van der Waals surface area contributed by atoms with Crippen LogP contribution in [0.15, 0.2) is 53.0 Å². The molecule has 0 aliphatic rings. The van der Waals surface area contributed by atoms with Crippen LogP contribution >= 0.6 is 15.9 Å². The minimum atomic E-state index is -7.33. The largest absolute Gasteiger partial charge is 0.457 e. The van der Waals surface area contributed by atoms with Gasteiger partial charge in [0.05, 0.1) is 22.5 Å². The maximum Gasteiger partial charge on any atom is 0.457 e. The van der Waals surface area contributed by atoms with Gasteiger partial charge in [0, 0.05) is 10.0 Å². The molecule has 0 bridgehead atoms. The zero-order valence-electron chi connectivity index (χ0n) is 21.0. The maximum atomic E-state index is 15.1. The standard InChI is InChI=1S/C25H10BrF15N2O2/c26-12-8-9(21(30,24(36,37)38)23(34,35)25(39,40)41)7-11(22(31,32)33)18(12)43-19(44)10-3-1-6-15(17(10)29)42-20(45)16-13(27)4-2-5-14(16)28/h1-8H,(H,42,45)(H,43,44). The van der Waals surface area contributed by atoms with Crippen LogP contribution in [0.5, 0.6) is 0 Å². The molecule has 3 rings (SSSR count). The molecule has 0 aromatic heterocycles. The van der Waals surface area contributed by atoms with Crippen molar-refractivity contribution < 1.29 is 75.4 Å². The van der Waals surface area contributed by atoms with Gasteiger partial charge in [-0.2, -0.15) is 48.3 Å². The lowest BCUT2D eigenvalue weighted by atomic mass is 9.86. The van der Waals surface area contributed by atoms with Gasteiger partial charge in [0.2, 0.25) is 0 Å². The number of alkyl halides is 12. The highest BCUT2D eigenvalue weighted by molar-refractivity contribution is 9.10. The Kier molecular flexibility index (Phi) is 9.27. The number of hydrogen-bond donors (Lipinski definition) is 2. The molecule has 4 nitrogen and oxygen atoms in total. The fourth-order valence-corrected chi connectivity index (χ4v) is 4.32. The summed E-state index contributed by atoms with van der Waals surface area (Å²) in [5, 5.41) is 3.07. The Hall–Kier alpha value is -3.97. The van der Waals surface area contributed by atoms with Gasteiger partial charge in [-0.3, -0.25) is 9.59 Å². The second-order valence-electron chi connectivity index (χ2n) is 8.78. The molecule has 244 valence electrons. The average molecular weight is 735 g/mol. The normalized spacial score (nSPS) is 14.1. The van der Waals surface area contributed by atoms with Crippen molar-refractivity contribution in [1.29, 1.82) is 0 Å². The molecule has 0 saturated heterocycles. The van der Waals surface area contributed by atoms with E-state index in [1.807, 2.05) is 0 Å². The maximum absolute atomic E-state index is 15.1. The van der Waals surface area contributed by atoms with Gasteiger partial charge in [0.15, 0.2) is 5.82 Å². The first-order chi connectivity index (χ1) is 20.4. The second-order valence-corrected chi connectivity index (χ2v) is 9.63. The molecule has 20 heteroatoms. The summed E-state index contributed by atoms with van der Waals surface area (Å²) >= 11 is 2.18. The van der Waals surface area contributed by atoms with E-state index in [2.05, 4.69) is 15.9 Å². The summed E-state index contributed by atoms with van der Waals surface area (Å²) in [6, 6.07) is 2.71. The summed E-state index contributed by atoms with van der Waals surface area (Å²) < 4.78 is 204. The monoisotopic (exact) mass is 734 g/mol. The number of hydrogen-bond acceptors (Lipinski definition) is 2. The summed E-state index contributed by atoms with van der Waals surface area (Å²) in [6.07, 6.45) is -20.4. The minimum absolute atomic E-state index is 0.534. The van der Waals surface area contributed by atoms with Crippen LogP contribution in [0.25, 0.3) is 0 Å². The van der Waals surface area contributed by atoms with Crippen LogP contribution < -0.4 is 10.6 Å². The van der Waals surface area contributed by atoms with Gasteiger partial charge < -0.3 is 10.6 Å². The summed E-state index contributed by atoms with van der Waals surface area (Å²) in [6.45, 7) is 0. The van der Waals surface area contributed by atoms with Gasteiger partial charge in [-0.15, -0.1) is 0 Å². The molecule has 0 aliphatic heterocycles. The fourth-order valence-electron chi connectivity index (χ4n) is 3.76. The number of carbonyl (C=O) groups is 2. The van der Waals surface area contributed by atoms with Crippen LogP contribution in [0.2, 0.25) is 0 Å². The SMILES string of the molecule is O=C(Nc1c(Br)cc(C(F)(C(F)(F)F)C(F)(F)C(F)(F)F)cc1C(F)(F)F)c1cccc(NC(=O)c2c(F)cccc2F)c1F. The molecule has 0 fully saturated rings. The summed E-state index contributed by atoms with van der Waals surface area (Å²) in [5.41, 5.74) is -17.3. The quantitative estimate of drug-likeness (QED) is 0.248. The predicted octanol–water partition coefficient (Wildman–Crippen LogP) is 9.31. The van der Waals surface area contributed by atoms with Crippen molar-refractivity contribution >= 4 is 39.1 Å². The van der Waals surface area contributed by atoms with Crippen molar-refractivity contribution in [1.82, 2.24) is 0 Å². The zero-order valence-corrected chi connectivity index (χ0v) is 22.6. The Labute approximate surface area is 248 Å². The van der Waals surface area contributed by atoms with Crippen molar-refractivity contribution in [2.24, 2.45) is 0 Å². The van der Waals surface area contributed by atoms with E-state index < -0.39 is 110 Å². The first kappa shape index (κ1) is 35.5. The molecule has 2 N–H and O–H groups in total. The Morgan fingerprint density at radius 1 is 0.667 bits per heavy atom. The molecule has 45 heavy (non-hydrogen) atoms. The Morgan fingerprint density at radius 2 is 1.20 bits per heavy atom.